The van der Waals surface area contributed by atoms with Crippen LogP contribution in [0.4, 0.5) is 5.82 Å². The fourth-order valence-electron chi connectivity index (χ4n) is 3.68. The van der Waals surface area contributed by atoms with Gasteiger partial charge in [-0.15, -0.1) is 0 Å². The van der Waals surface area contributed by atoms with Gasteiger partial charge in [0.2, 0.25) is 0 Å². The smallest absolute Gasteiger partial charge is 0.268 e. The monoisotopic (exact) mass is 430 g/mol. The molecule has 3 aromatic rings. The number of amides is 2. The fraction of sp³-hybridized carbons (Fsp3) is 0.240. The minimum absolute atomic E-state index is 0.0113. The molecule has 0 atom stereocenters. The lowest BCUT2D eigenvalue weighted by atomic mass is 10.0. The molecule has 1 aliphatic rings. The summed E-state index contributed by atoms with van der Waals surface area (Å²) < 4.78 is 5.34. The molecule has 0 saturated carbocycles. The average molecular weight is 431 g/mol. The lowest BCUT2D eigenvalue weighted by Crippen LogP contribution is -2.46. The number of hydrogen-bond acceptors (Lipinski definition) is 5. The molecule has 1 aromatic carbocycles. The van der Waals surface area contributed by atoms with Crippen LogP contribution in [0, 0.1) is 6.92 Å². The van der Waals surface area contributed by atoms with E-state index in [2.05, 4.69) is 20.5 Å². The third-order valence-electron chi connectivity index (χ3n) is 5.39. The average Bonchev–Trinajstić information content (AvgIpc) is 3.33. The van der Waals surface area contributed by atoms with Crippen LogP contribution in [0.3, 0.4) is 0 Å². The molecule has 0 unspecified atom stereocenters. The van der Waals surface area contributed by atoms with Crippen molar-refractivity contribution in [1.29, 1.82) is 0 Å². The SMILES string of the molecule is Cc1cccc(N2CCC(NC(=O)/C(=C/c3ccco3)NC(=O)c3ccccc3)CC2)n1. The third kappa shape index (κ3) is 5.43. The highest BCUT2D eigenvalue weighted by molar-refractivity contribution is 6.05. The first-order chi connectivity index (χ1) is 15.6. The first kappa shape index (κ1) is 21.4. The Morgan fingerprint density at radius 1 is 1.03 bits per heavy atom. The molecule has 7 heteroatoms. The molecule has 7 nitrogen and oxygen atoms in total. The molecule has 0 radical (unpaired) electrons. The van der Waals surface area contributed by atoms with E-state index in [1.807, 2.05) is 31.2 Å². The molecule has 0 aliphatic carbocycles. The zero-order valence-corrected chi connectivity index (χ0v) is 18.0. The number of nitrogens with one attached hydrogen (secondary N) is 2. The standard InChI is InChI=1S/C25H26N4O3/c1-18-7-5-11-23(26-18)29-14-12-20(13-15-29)27-25(31)22(17-21-10-6-16-32-21)28-24(30)19-8-3-2-4-9-19/h2-11,16-17,20H,12-15H2,1H3,(H,27,31)(H,28,30)/b22-17-. The molecule has 0 bridgehead atoms. The van der Waals surface area contributed by atoms with Crippen LogP contribution in [0.25, 0.3) is 6.08 Å². The van der Waals surface area contributed by atoms with Gasteiger partial charge in [0.15, 0.2) is 0 Å². The van der Waals surface area contributed by atoms with E-state index in [9.17, 15) is 9.59 Å². The van der Waals surface area contributed by atoms with Crippen LogP contribution >= 0.6 is 0 Å². The molecule has 2 amide bonds. The number of hydrogen-bond donors (Lipinski definition) is 2. The first-order valence-corrected chi connectivity index (χ1v) is 10.7. The fourth-order valence-corrected chi connectivity index (χ4v) is 3.68. The molecule has 1 aliphatic heterocycles. The second-order valence-corrected chi connectivity index (χ2v) is 7.77. The number of piperidine rings is 1. The molecule has 0 spiro atoms. The van der Waals surface area contributed by atoms with Crippen molar-refractivity contribution in [2.24, 2.45) is 0 Å². The van der Waals surface area contributed by atoms with Gasteiger partial charge in [-0.05, 0) is 56.2 Å². The quantitative estimate of drug-likeness (QED) is 0.584. The Kier molecular flexibility index (Phi) is 6.65. The maximum atomic E-state index is 13.0. The summed E-state index contributed by atoms with van der Waals surface area (Å²) in [5.41, 5.74) is 1.61. The second-order valence-electron chi connectivity index (χ2n) is 7.77. The Hall–Kier alpha value is -3.87. The number of aromatic nitrogens is 1. The van der Waals surface area contributed by atoms with Gasteiger partial charge in [0.1, 0.15) is 17.3 Å². The van der Waals surface area contributed by atoms with Gasteiger partial charge in [0.25, 0.3) is 11.8 Å². The largest absolute Gasteiger partial charge is 0.465 e. The maximum Gasteiger partial charge on any atom is 0.268 e. The van der Waals surface area contributed by atoms with Crippen LogP contribution in [0.5, 0.6) is 0 Å². The minimum Gasteiger partial charge on any atom is -0.465 e. The Labute approximate surface area is 187 Å². The topological polar surface area (TPSA) is 87.5 Å². The third-order valence-corrected chi connectivity index (χ3v) is 5.39. The molecule has 4 rings (SSSR count). The Morgan fingerprint density at radius 3 is 2.50 bits per heavy atom. The van der Waals surface area contributed by atoms with Gasteiger partial charge in [-0.1, -0.05) is 24.3 Å². The van der Waals surface area contributed by atoms with Gasteiger partial charge in [-0.25, -0.2) is 4.98 Å². The summed E-state index contributed by atoms with van der Waals surface area (Å²) in [7, 11) is 0. The van der Waals surface area contributed by atoms with E-state index in [1.54, 1.807) is 42.5 Å². The highest BCUT2D eigenvalue weighted by atomic mass is 16.3. The molecule has 1 fully saturated rings. The predicted octanol–water partition coefficient (Wildman–Crippen LogP) is 3.54. The van der Waals surface area contributed by atoms with E-state index in [0.717, 1.165) is 37.4 Å². The Morgan fingerprint density at radius 2 is 1.81 bits per heavy atom. The number of nitrogens with zero attached hydrogens (tertiary/aromatic N) is 2. The van der Waals surface area contributed by atoms with Crippen molar-refractivity contribution in [2.75, 3.05) is 18.0 Å². The molecular weight excluding hydrogens is 404 g/mol. The number of anilines is 1. The van der Waals surface area contributed by atoms with E-state index >= 15 is 0 Å². The summed E-state index contributed by atoms with van der Waals surface area (Å²) in [5.74, 6) is 0.767. The van der Waals surface area contributed by atoms with Crippen molar-refractivity contribution < 1.29 is 14.0 Å². The first-order valence-electron chi connectivity index (χ1n) is 10.7. The predicted molar refractivity (Wildman–Crippen MR) is 123 cm³/mol. The molecular formula is C25H26N4O3. The van der Waals surface area contributed by atoms with Crippen molar-refractivity contribution in [3.63, 3.8) is 0 Å². The van der Waals surface area contributed by atoms with Gasteiger partial charge in [-0.2, -0.15) is 0 Å². The number of carbonyl (C=O) groups is 2. The van der Waals surface area contributed by atoms with Crippen molar-refractivity contribution in [3.8, 4) is 0 Å². The van der Waals surface area contributed by atoms with Gasteiger partial charge < -0.3 is 20.0 Å². The number of pyridine rings is 1. The molecule has 2 aromatic heterocycles. The normalized spacial score (nSPS) is 14.8. The van der Waals surface area contributed by atoms with Gasteiger partial charge in [0, 0.05) is 36.5 Å². The van der Waals surface area contributed by atoms with Gasteiger partial charge in [-0.3, -0.25) is 9.59 Å². The number of furan rings is 1. The summed E-state index contributed by atoms with van der Waals surface area (Å²) in [6, 6.07) is 18.3. The number of aryl methyl sites for hydroxylation is 1. The lowest BCUT2D eigenvalue weighted by molar-refractivity contribution is -0.118. The van der Waals surface area contributed by atoms with Crippen molar-refractivity contribution >= 4 is 23.7 Å². The Balaban J connectivity index is 1.41. The lowest BCUT2D eigenvalue weighted by Gasteiger charge is -2.33. The van der Waals surface area contributed by atoms with E-state index in [4.69, 9.17) is 4.42 Å². The van der Waals surface area contributed by atoms with Crippen LogP contribution in [0.1, 0.15) is 34.7 Å². The number of carbonyl (C=O) groups excluding carboxylic acids is 2. The van der Waals surface area contributed by atoms with Gasteiger partial charge >= 0.3 is 0 Å². The molecule has 32 heavy (non-hydrogen) atoms. The molecule has 3 heterocycles. The molecule has 164 valence electrons. The van der Waals surface area contributed by atoms with Crippen LogP contribution < -0.4 is 15.5 Å². The van der Waals surface area contributed by atoms with E-state index in [0.29, 0.717) is 11.3 Å². The molecule has 1 saturated heterocycles. The maximum absolute atomic E-state index is 13.0. The number of benzene rings is 1. The van der Waals surface area contributed by atoms with Crippen LogP contribution in [0.15, 0.2) is 77.0 Å². The minimum atomic E-state index is -0.348. The van der Waals surface area contributed by atoms with E-state index in [1.165, 1.54) is 6.26 Å². The van der Waals surface area contributed by atoms with Crippen molar-refractivity contribution in [1.82, 2.24) is 15.6 Å². The zero-order chi connectivity index (χ0) is 22.3. The highest BCUT2D eigenvalue weighted by Crippen LogP contribution is 2.18. The van der Waals surface area contributed by atoms with Crippen LogP contribution in [0.2, 0.25) is 0 Å². The Bertz CT molecular complexity index is 1090. The summed E-state index contributed by atoms with van der Waals surface area (Å²) in [4.78, 5) is 32.5. The summed E-state index contributed by atoms with van der Waals surface area (Å²) in [6.45, 7) is 3.58. The summed E-state index contributed by atoms with van der Waals surface area (Å²) in [6.07, 6.45) is 4.65. The summed E-state index contributed by atoms with van der Waals surface area (Å²) in [5, 5.41) is 5.79. The van der Waals surface area contributed by atoms with E-state index in [-0.39, 0.29) is 23.6 Å². The summed E-state index contributed by atoms with van der Waals surface area (Å²) >= 11 is 0. The van der Waals surface area contributed by atoms with Crippen LogP contribution in [-0.4, -0.2) is 35.9 Å². The van der Waals surface area contributed by atoms with Crippen molar-refractivity contribution in [3.05, 3.63) is 89.6 Å². The zero-order valence-electron chi connectivity index (χ0n) is 18.0. The highest BCUT2D eigenvalue weighted by Gasteiger charge is 2.24. The van der Waals surface area contributed by atoms with E-state index < -0.39 is 0 Å². The number of rotatable bonds is 6. The van der Waals surface area contributed by atoms with Crippen LogP contribution in [-0.2, 0) is 4.79 Å². The molecule has 2 N–H and O–H groups in total. The van der Waals surface area contributed by atoms with Crippen molar-refractivity contribution in [2.45, 2.75) is 25.8 Å². The second kappa shape index (κ2) is 9.96. The van der Waals surface area contributed by atoms with Gasteiger partial charge in [0.05, 0.1) is 6.26 Å².